The van der Waals surface area contributed by atoms with Gasteiger partial charge < -0.3 is 9.64 Å². The summed E-state index contributed by atoms with van der Waals surface area (Å²) in [6, 6.07) is 19.6. The van der Waals surface area contributed by atoms with Gasteiger partial charge in [0, 0.05) is 18.7 Å². The van der Waals surface area contributed by atoms with Crippen LogP contribution in [0.2, 0.25) is 0 Å². The van der Waals surface area contributed by atoms with Crippen molar-refractivity contribution in [1.29, 1.82) is 0 Å². The molecular weight excluding hydrogens is 544 g/mol. The highest BCUT2D eigenvalue weighted by molar-refractivity contribution is 7.92. The van der Waals surface area contributed by atoms with E-state index in [1.165, 1.54) is 27.8 Å². The lowest BCUT2D eigenvalue weighted by Crippen LogP contribution is -2.35. The Kier molecular flexibility index (Phi) is 8.39. The largest absolute Gasteiger partial charge is 0.494 e. The first kappa shape index (κ1) is 28.1. The molecule has 0 aliphatic carbocycles. The number of hydrogen-bond donors (Lipinski definition) is 0. The van der Waals surface area contributed by atoms with Gasteiger partial charge >= 0.3 is 0 Å². The van der Waals surface area contributed by atoms with Gasteiger partial charge in [0.05, 0.1) is 27.4 Å². The van der Waals surface area contributed by atoms with Gasteiger partial charge in [-0.15, -0.1) is 0 Å². The van der Waals surface area contributed by atoms with E-state index in [9.17, 15) is 13.2 Å². The second-order valence-corrected chi connectivity index (χ2v) is 12.9. The zero-order chi connectivity index (χ0) is 28.3. The van der Waals surface area contributed by atoms with Gasteiger partial charge in [0.25, 0.3) is 15.9 Å². The molecule has 8 nitrogen and oxygen atoms in total. The minimum atomic E-state index is -3.76. The molecule has 0 spiro atoms. The first-order valence-electron chi connectivity index (χ1n) is 13.5. The SMILES string of the molecule is CCOc1ccc2nc(N(CCCN(C)C)C(=O)c3ccc(S(=O)(=O)N4CCCc5ccccc54)cc3)sc2c1. The summed E-state index contributed by atoms with van der Waals surface area (Å²) in [5.41, 5.74) is 2.97. The summed E-state index contributed by atoms with van der Waals surface area (Å²) < 4.78 is 35.2. The number of sulfonamides is 1. The Balaban J connectivity index is 1.42. The lowest BCUT2D eigenvalue weighted by molar-refractivity contribution is 0.0986. The Bertz CT molecular complexity index is 1600. The van der Waals surface area contributed by atoms with Crippen molar-refractivity contribution < 1.29 is 17.9 Å². The van der Waals surface area contributed by atoms with Gasteiger partial charge in [-0.05, 0) is 101 Å². The molecule has 4 aromatic rings. The Labute approximate surface area is 239 Å². The van der Waals surface area contributed by atoms with E-state index in [0.717, 1.165) is 53.0 Å². The van der Waals surface area contributed by atoms with E-state index in [1.807, 2.05) is 63.5 Å². The number of thiazole rings is 1. The molecule has 0 radical (unpaired) electrons. The number of rotatable bonds is 10. The van der Waals surface area contributed by atoms with Crippen molar-refractivity contribution in [3.63, 3.8) is 0 Å². The van der Waals surface area contributed by atoms with Gasteiger partial charge in [-0.25, -0.2) is 13.4 Å². The molecule has 40 heavy (non-hydrogen) atoms. The van der Waals surface area contributed by atoms with Crippen LogP contribution in [0.4, 0.5) is 10.8 Å². The summed E-state index contributed by atoms with van der Waals surface area (Å²) in [7, 11) is 0.239. The molecule has 0 unspecified atom stereocenters. The summed E-state index contributed by atoms with van der Waals surface area (Å²) in [5.74, 6) is 0.555. The van der Waals surface area contributed by atoms with Crippen molar-refractivity contribution in [1.82, 2.24) is 9.88 Å². The van der Waals surface area contributed by atoms with Crippen molar-refractivity contribution in [3.05, 3.63) is 77.9 Å². The predicted molar refractivity (Wildman–Crippen MR) is 161 cm³/mol. The number of amides is 1. The third-order valence-electron chi connectivity index (χ3n) is 6.88. The standard InChI is InChI=1S/C30H34N4O4S2/c1-4-38-24-14-17-26-28(21-24)39-30(31-26)33(19-8-18-32(2)3)29(35)23-12-15-25(16-13-23)40(36,37)34-20-7-10-22-9-5-6-11-27(22)34/h5-6,9,11-17,21H,4,7-8,10,18-20H2,1-3H3. The minimum Gasteiger partial charge on any atom is -0.494 e. The van der Waals surface area contributed by atoms with Gasteiger partial charge in [-0.1, -0.05) is 29.5 Å². The second-order valence-electron chi connectivity index (χ2n) is 10.0. The molecule has 3 aromatic carbocycles. The molecule has 0 atom stereocenters. The van der Waals surface area contributed by atoms with Crippen LogP contribution in [0.25, 0.3) is 10.2 Å². The molecule has 1 amide bonds. The van der Waals surface area contributed by atoms with Crippen LogP contribution in [-0.2, 0) is 16.4 Å². The third kappa shape index (κ3) is 5.84. The van der Waals surface area contributed by atoms with Crippen molar-refractivity contribution in [3.8, 4) is 5.75 Å². The normalized spacial score (nSPS) is 13.4. The second kappa shape index (κ2) is 12.0. The quantitative estimate of drug-likeness (QED) is 0.249. The Morgan fingerprint density at radius 1 is 1.05 bits per heavy atom. The monoisotopic (exact) mass is 578 g/mol. The average Bonchev–Trinajstić information content (AvgIpc) is 3.38. The highest BCUT2D eigenvalue weighted by Crippen LogP contribution is 2.34. The summed E-state index contributed by atoms with van der Waals surface area (Å²) in [5, 5.41) is 0.606. The maximum atomic E-state index is 13.8. The van der Waals surface area contributed by atoms with Crippen molar-refractivity contribution in [2.45, 2.75) is 31.1 Å². The number of benzene rings is 3. The Morgan fingerprint density at radius 3 is 2.58 bits per heavy atom. The van der Waals surface area contributed by atoms with E-state index in [0.29, 0.717) is 30.4 Å². The number of carbonyl (C=O) groups is 1. The molecular formula is C30H34N4O4S2. The number of nitrogens with zero attached hydrogens (tertiary/aromatic N) is 4. The van der Waals surface area contributed by atoms with E-state index in [-0.39, 0.29) is 10.8 Å². The fourth-order valence-electron chi connectivity index (χ4n) is 4.90. The van der Waals surface area contributed by atoms with Crippen LogP contribution >= 0.6 is 11.3 Å². The van der Waals surface area contributed by atoms with Crippen molar-refractivity contribution >= 4 is 48.3 Å². The zero-order valence-electron chi connectivity index (χ0n) is 23.0. The van der Waals surface area contributed by atoms with E-state index >= 15 is 0 Å². The fraction of sp³-hybridized carbons (Fsp3) is 0.333. The maximum Gasteiger partial charge on any atom is 0.264 e. The molecule has 1 aromatic heterocycles. The van der Waals surface area contributed by atoms with E-state index in [2.05, 4.69) is 4.90 Å². The smallest absolute Gasteiger partial charge is 0.264 e. The third-order valence-corrected chi connectivity index (χ3v) is 9.75. The number of carbonyl (C=O) groups excluding carboxylic acids is 1. The molecule has 0 saturated carbocycles. The Hall–Kier alpha value is -3.47. The highest BCUT2D eigenvalue weighted by atomic mass is 32.2. The minimum absolute atomic E-state index is 0.170. The number of aromatic nitrogens is 1. The van der Waals surface area contributed by atoms with Gasteiger partial charge in [-0.2, -0.15) is 0 Å². The fourth-order valence-corrected chi connectivity index (χ4v) is 7.45. The van der Waals surface area contributed by atoms with E-state index in [4.69, 9.17) is 9.72 Å². The summed E-state index contributed by atoms with van der Waals surface area (Å²) in [6.45, 7) is 4.25. The number of hydrogen-bond acceptors (Lipinski definition) is 7. The van der Waals surface area contributed by atoms with Crippen LogP contribution in [0.1, 0.15) is 35.7 Å². The van der Waals surface area contributed by atoms with Gasteiger partial charge in [0.15, 0.2) is 5.13 Å². The molecule has 10 heteroatoms. The van der Waals surface area contributed by atoms with E-state index < -0.39 is 10.0 Å². The maximum absolute atomic E-state index is 13.8. The van der Waals surface area contributed by atoms with Crippen LogP contribution in [-0.4, -0.2) is 64.5 Å². The topological polar surface area (TPSA) is 83.0 Å². The Morgan fingerprint density at radius 2 is 1.82 bits per heavy atom. The molecule has 2 heterocycles. The van der Waals surface area contributed by atoms with Crippen molar-refractivity contribution in [2.24, 2.45) is 0 Å². The highest BCUT2D eigenvalue weighted by Gasteiger charge is 2.29. The molecule has 5 rings (SSSR count). The number of para-hydroxylation sites is 1. The average molecular weight is 579 g/mol. The molecule has 1 aliphatic rings. The number of fused-ring (bicyclic) bond motifs is 2. The van der Waals surface area contributed by atoms with Crippen LogP contribution in [0, 0.1) is 0 Å². The summed E-state index contributed by atoms with van der Waals surface area (Å²) >= 11 is 1.44. The molecule has 0 fully saturated rings. The molecule has 0 N–H and O–H groups in total. The zero-order valence-corrected chi connectivity index (χ0v) is 24.7. The molecule has 1 aliphatic heterocycles. The van der Waals surface area contributed by atoms with Gasteiger partial charge in [-0.3, -0.25) is 14.0 Å². The number of ether oxygens (including phenoxy) is 1. The lowest BCUT2D eigenvalue weighted by atomic mass is 10.0. The van der Waals surface area contributed by atoms with Crippen molar-refractivity contribution in [2.75, 3.05) is 49.5 Å². The van der Waals surface area contributed by atoms with Crippen LogP contribution in [0.15, 0.2) is 71.6 Å². The molecule has 0 saturated heterocycles. The first-order chi connectivity index (χ1) is 19.3. The van der Waals surface area contributed by atoms with Crippen LogP contribution in [0.5, 0.6) is 5.75 Å². The molecule has 0 bridgehead atoms. The van der Waals surface area contributed by atoms with E-state index in [1.54, 1.807) is 17.0 Å². The van der Waals surface area contributed by atoms with Crippen LogP contribution < -0.4 is 13.9 Å². The number of aryl methyl sites for hydroxylation is 1. The van der Waals surface area contributed by atoms with Gasteiger partial charge in [0.1, 0.15) is 5.75 Å². The number of anilines is 2. The van der Waals surface area contributed by atoms with Crippen LogP contribution in [0.3, 0.4) is 0 Å². The first-order valence-corrected chi connectivity index (χ1v) is 15.7. The molecule has 210 valence electrons. The summed E-state index contributed by atoms with van der Waals surface area (Å²) in [4.78, 5) is 22.5. The van der Waals surface area contributed by atoms with Gasteiger partial charge in [0.2, 0.25) is 0 Å². The lowest BCUT2D eigenvalue weighted by Gasteiger charge is -2.30. The predicted octanol–water partition coefficient (Wildman–Crippen LogP) is 5.44. The summed E-state index contributed by atoms with van der Waals surface area (Å²) in [6.07, 6.45) is 2.39.